The first-order chi connectivity index (χ1) is 10.1. The Morgan fingerprint density at radius 1 is 1.29 bits per heavy atom. The molecule has 0 saturated heterocycles. The number of nitrogens with two attached hydrogens (primary N) is 1. The molecule has 1 aromatic carbocycles. The summed E-state index contributed by atoms with van der Waals surface area (Å²) in [5.41, 5.74) is 9.38. The second kappa shape index (κ2) is 6.00. The lowest BCUT2D eigenvalue weighted by Gasteiger charge is -2.40. The van der Waals surface area contributed by atoms with E-state index in [2.05, 4.69) is 32.0 Å². The van der Waals surface area contributed by atoms with Crippen molar-refractivity contribution in [3.63, 3.8) is 0 Å². The number of benzene rings is 1. The highest BCUT2D eigenvalue weighted by atomic mass is 16.5. The van der Waals surface area contributed by atoms with E-state index in [0.29, 0.717) is 5.41 Å². The zero-order valence-electron chi connectivity index (χ0n) is 13.5. The summed E-state index contributed by atoms with van der Waals surface area (Å²) in [7, 11) is 0. The van der Waals surface area contributed by atoms with Crippen molar-refractivity contribution in [2.24, 2.45) is 23.0 Å². The third-order valence-corrected chi connectivity index (χ3v) is 5.53. The normalized spacial score (nSPS) is 27.2. The predicted octanol–water partition coefficient (Wildman–Crippen LogP) is 3.96. The average Bonchev–Trinajstić information content (AvgIpc) is 2.92. The van der Waals surface area contributed by atoms with Crippen LogP contribution >= 0.6 is 0 Å². The summed E-state index contributed by atoms with van der Waals surface area (Å²) in [4.78, 5) is 0. The maximum Gasteiger partial charge on any atom is 0.122 e. The predicted molar refractivity (Wildman–Crippen MR) is 87.6 cm³/mol. The van der Waals surface area contributed by atoms with Crippen LogP contribution in [0.5, 0.6) is 5.75 Å². The van der Waals surface area contributed by atoms with Crippen LogP contribution in [0.2, 0.25) is 0 Å². The topological polar surface area (TPSA) is 35.2 Å². The molecule has 1 aromatic rings. The van der Waals surface area contributed by atoms with E-state index in [1.807, 2.05) is 0 Å². The molecule has 2 nitrogen and oxygen atoms in total. The summed E-state index contributed by atoms with van der Waals surface area (Å²) in [5.74, 6) is 2.62. The van der Waals surface area contributed by atoms with Gasteiger partial charge in [-0.3, -0.25) is 0 Å². The van der Waals surface area contributed by atoms with Crippen LogP contribution in [0.1, 0.15) is 50.7 Å². The minimum atomic E-state index is 0.502. The molecule has 3 rings (SSSR count). The summed E-state index contributed by atoms with van der Waals surface area (Å²) in [6, 6.07) is 6.76. The maximum atomic E-state index is 6.01. The van der Waals surface area contributed by atoms with Crippen LogP contribution in [0, 0.1) is 17.3 Å². The third kappa shape index (κ3) is 3.42. The zero-order chi connectivity index (χ0) is 14.9. The summed E-state index contributed by atoms with van der Waals surface area (Å²) < 4.78 is 5.59. The van der Waals surface area contributed by atoms with Gasteiger partial charge in [-0.2, -0.15) is 0 Å². The molecule has 1 saturated carbocycles. The van der Waals surface area contributed by atoms with Gasteiger partial charge < -0.3 is 10.5 Å². The molecule has 1 aliphatic carbocycles. The second-order valence-electron chi connectivity index (χ2n) is 7.74. The van der Waals surface area contributed by atoms with E-state index in [1.54, 1.807) is 0 Å². The highest BCUT2D eigenvalue weighted by Gasteiger charge is 2.33. The van der Waals surface area contributed by atoms with Gasteiger partial charge in [0.15, 0.2) is 0 Å². The SMILES string of the molecule is CC1(C)CCC(CN)C(CCc2ccc3c(c2)CCO3)C1. The van der Waals surface area contributed by atoms with E-state index in [1.165, 1.54) is 43.2 Å². The monoisotopic (exact) mass is 287 g/mol. The summed E-state index contributed by atoms with van der Waals surface area (Å²) in [5, 5.41) is 0. The van der Waals surface area contributed by atoms with Gasteiger partial charge in [0.25, 0.3) is 0 Å². The molecule has 0 bridgehead atoms. The van der Waals surface area contributed by atoms with Gasteiger partial charge in [-0.05, 0) is 73.1 Å². The van der Waals surface area contributed by atoms with Gasteiger partial charge in [-0.1, -0.05) is 26.0 Å². The van der Waals surface area contributed by atoms with E-state index in [0.717, 1.165) is 37.2 Å². The molecule has 0 aromatic heterocycles. The molecule has 1 aliphatic heterocycles. The lowest BCUT2D eigenvalue weighted by Crippen LogP contribution is -2.34. The van der Waals surface area contributed by atoms with Crippen molar-refractivity contribution < 1.29 is 4.74 Å². The lowest BCUT2D eigenvalue weighted by molar-refractivity contribution is 0.115. The van der Waals surface area contributed by atoms with Gasteiger partial charge >= 0.3 is 0 Å². The number of hydrogen-bond acceptors (Lipinski definition) is 2. The molecule has 2 N–H and O–H groups in total. The Labute approximate surface area is 129 Å². The number of aryl methyl sites for hydroxylation is 1. The Bertz CT molecular complexity index is 494. The van der Waals surface area contributed by atoms with Crippen LogP contribution in [0.25, 0.3) is 0 Å². The minimum absolute atomic E-state index is 0.502. The smallest absolute Gasteiger partial charge is 0.122 e. The van der Waals surface area contributed by atoms with Crippen LogP contribution in [0.3, 0.4) is 0 Å². The standard InChI is InChI=1S/C19H29NO/c1-19(2)9-7-17(13-20)16(12-19)5-3-14-4-6-18-15(11-14)8-10-21-18/h4,6,11,16-17H,3,5,7-10,12-13,20H2,1-2H3. The van der Waals surface area contributed by atoms with Crippen LogP contribution in [0.4, 0.5) is 0 Å². The number of hydrogen-bond donors (Lipinski definition) is 1. The zero-order valence-corrected chi connectivity index (χ0v) is 13.5. The Morgan fingerprint density at radius 2 is 2.14 bits per heavy atom. The van der Waals surface area contributed by atoms with Crippen molar-refractivity contribution >= 4 is 0 Å². The highest BCUT2D eigenvalue weighted by Crippen LogP contribution is 2.43. The van der Waals surface area contributed by atoms with E-state index in [4.69, 9.17) is 10.5 Å². The van der Waals surface area contributed by atoms with Gasteiger partial charge in [0.05, 0.1) is 6.61 Å². The van der Waals surface area contributed by atoms with Gasteiger partial charge in [-0.15, -0.1) is 0 Å². The van der Waals surface area contributed by atoms with Crippen molar-refractivity contribution in [3.8, 4) is 5.75 Å². The molecule has 1 heterocycles. The van der Waals surface area contributed by atoms with E-state index >= 15 is 0 Å². The second-order valence-corrected chi connectivity index (χ2v) is 7.74. The molecule has 0 amide bonds. The van der Waals surface area contributed by atoms with Crippen molar-refractivity contribution in [1.29, 1.82) is 0 Å². The van der Waals surface area contributed by atoms with E-state index in [-0.39, 0.29) is 0 Å². The Hall–Kier alpha value is -1.02. The van der Waals surface area contributed by atoms with Gasteiger partial charge in [0, 0.05) is 6.42 Å². The van der Waals surface area contributed by atoms with Gasteiger partial charge in [0.1, 0.15) is 5.75 Å². The minimum Gasteiger partial charge on any atom is -0.493 e. The Kier molecular flexibility index (Phi) is 4.26. The average molecular weight is 287 g/mol. The third-order valence-electron chi connectivity index (χ3n) is 5.53. The Balaban J connectivity index is 1.62. The van der Waals surface area contributed by atoms with Crippen molar-refractivity contribution in [2.75, 3.05) is 13.2 Å². The molecule has 2 aliphatic rings. The lowest BCUT2D eigenvalue weighted by atomic mass is 9.66. The van der Waals surface area contributed by atoms with Crippen LogP contribution in [-0.4, -0.2) is 13.2 Å². The molecule has 116 valence electrons. The van der Waals surface area contributed by atoms with Crippen LogP contribution in [0.15, 0.2) is 18.2 Å². The summed E-state index contributed by atoms with van der Waals surface area (Å²) in [6.45, 7) is 6.54. The summed E-state index contributed by atoms with van der Waals surface area (Å²) in [6.07, 6.45) is 7.52. The molecule has 0 spiro atoms. The Morgan fingerprint density at radius 3 is 2.95 bits per heavy atom. The number of fused-ring (bicyclic) bond motifs is 1. The van der Waals surface area contributed by atoms with Crippen molar-refractivity contribution in [3.05, 3.63) is 29.3 Å². The molecular weight excluding hydrogens is 258 g/mol. The fourth-order valence-electron chi connectivity index (χ4n) is 4.19. The molecule has 2 heteroatoms. The summed E-state index contributed by atoms with van der Waals surface area (Å²) >= 11 is 0. The van der Waals surface area contributed by atoms with Crippen LogP contribution in [-0.2, 0) is 12.8 Å². The van der Waals surface area contributed by atoms with Gasteiger partial charge in [0.2, 0.25) is 0 Å². The first-order valence-corrected chi connectivity index (χ1v) is 8.52. The molecule has 21 heavy (non-hydrogen) atoms. The fraction of sp³-hybridized carbons (Fsp3) is 0.684. The van der Waals surface area contributed by atoms with Crippen molar-refractivity contribution in [1.82, 2.24) is 0 Å². The molecule has 2 unspecified atom stereocenters. The first kappa shape index (κ1) is 14.9. The van der Waals surface area contributed by atoms with E-state index < -0.39 is 0 Å². The number of ether oxygens (including phenoxy) is 1. The van der Waals surface area contributed by atoms with Crippen LogP contribution < -0.4 is 10.5 Å². The molecular formula is C19H29NO. The number of rotatable bonds is 4. The van der Waals surface area contributed by atoms with E-state index in [9.17, 15) is 0 Å². The fourth-order valence-corrected chi connectivity index (χ4v) is 4.19. The van der Waals surface area contributed by atoms with Gasteiger partial charge in [-0.25, -0.2) is 0 Å². The largest absolute Gasteiger partial charge is 0.493 e. The maximum absolute atomic E-state index is 6.01. The first-order valence-electron chi connectivity index (χ1n) is 8.52. The quantitative estimate of drug-likeness (QED) is 0.910. The molecule has 1 fully saturated rings. The van der Waals surface area contributed by atoms with Crippen molar-refractivity contribution in [2.45, 2.75) is 52.4 Å². The highest BCUT2D eigenvalue weighted by molar-refractivity contribution is 5.39. The molecule has 2 atom stereocenters. The molecule has 0 radical (unpaired) electrons.